The Labute approximate surface area is 136 Å². The molecule has 2 heteroatoms. The van der Waals surface area contributed by atoms with E-state index >= 15 is 0 Å². The molecule has 0 aromatic heterocycles. The molecule has 3 rings (SSSR count). The van der Waals surface area contributed by atoms with Gasteiger partial charge < -0.3 is 0 Å². The fourth-order valence-corrected chi connectivity index (χ4v) is 3.30. The molecule has 2 aromatic rings. The third-order valence-electron chi connectivity index (χ3n) is 4.70. The van der Waals surface area contributed by atoms with Crippen molar-refractivity contribution < 1.29 is 8.78 Å². The number of allylic oxidation sites excluding steroid dienone is 1. The first-order chi connectivity index (χ1) is 11.1. The van der Waals surface area contributed by atoms with E-state index in [0.717, 1.165) is 0 Å². The summed E-state index contributed by atoms with van der Waals surface area (Å²) in [5, 5.41) is 0. The molecule has 0 N–H and O–H groups in total. The lowest BCUT2D eigenvalue weighted by atomic mass is 9.82. The second kappa shape index (κ2) is 6.66. The van der Waals surface area contributed by atoms with Gasteiger partial charge in [-0.3, -0.25) is 0 Å². The molecule has 0 bridgehead atoms. The van der Waals surface area contributed by atoms with Gasteiger partial charge in [-0.15, -0.1) is 0 Å². The summed E-state index contributed by atoms with van der Waals surface area (Å²) in [6, 6.07) is 16.8. The lowest BCUT2D eigenvalue weighted by Crippen LogP contribution is -2.23. The number of alkyl halides is 2. The van der Waals surface area contributed by atoms with Crippen LogP contribution in [0.25, 0.3) is 17.2 Å². The van der Waals surface area contributed by atoms with Gasteiger partial charge in [0.15, 0.2) is 0 Å². The van der Waals surface area contributed by atoms with E-state index in [1.54, 1.807) is 0 Å². The van der Waals surface area contributed by atoms with Crippen molar-refractivity contribution in [3.05, 3.63) is 65.7 Å². The second-order valence-electron chi connectivity index (χ2n) is 6.37. The van der Waals surface area contributed by atoms with Gasteiger partial charge in [0.25, 0.3) is 0 Å². The minimum Gasteiger partial charge on any atom is -0.207 e. The van der Waals surface area contributed by atoms with Crippen LogP contribution in [0, 0.1) is 0 Å². The fourth-order valence-electron chi connectivity index (χ4n) is 3.30. The van der Waals surface area contributed by atoms with Crippen molar-refractivity contribution in [2.45, 2.75) is 44.4 Å². The fraction of sp³-hybridized carbons (Fsp3) is 0.333. The van der Waals surface area contributed by atoms with Crippen LogP contribution in [-0.4, -0.2) is 5.92 Å². The van der Waals surface area contributed by atoms with Gasteiger partial charge in [-0.2, -0.15) is 0 Å². The summed E-state index contributed by atoms with van der Waals surface area (Å²) in [5.74, 6) is -2.17. The van der Waals surface area contributed by atoms with E-state index in [0.29, 0.717) is 12.8 Å². The Kier molecular flexibility index (Phi) is 4.61. The number of halogens is 2. The van der Waals surface area contributed by atoms with Gasteiger partial charge in [-0.25, -0.2) is 8.78 Å². The molecule has 0 amide bonds. The number of benzene rings is 2. The number of rotatable bonds is 3. The lowest BCUT2D eigenvalue weighted by molar-refractivity contribution is -0.0382. The van der Waals surface area contributed by atoms with Crippen molar-refractivity contribution in [2.24, 2.45) is 0 Å². The summed E-state index contributed by atoms with van der Waals surface area (Å²) in [7, 11) is 0. The van der Waals surface area contributed by atoms with Crippen molar-refractivity contribution in [1.82, 2.24) is 0 Å². The second-order valence-corrected chi connectivity index (χ2v) is 6.37. The smallest absolute Gasteiger partial charge is 0.207 e. The highest BCUT2D eigenvalue weighted by molar-refractivity contribution is 5.66. The predicted octanol–water partition coefficient (Wildman–Crippen LogP) is 6.68. The Bertz CT molecular complexity index is 656. The van der Waals surface area contributed by atoms with Crippen LogP contribution in [0.5, 0.6) is 0 Å². The van der Waals surface area contributed by atoms with E-state index < -0.39 is 5.92 Å². The Balaban J connectivity index is 1.72. The van der Waals surface area contributed by atoms with Gasteiger partial charge in [0.05, 0.1) is 0 Å². The number of hydrogen-bond donors (Lipinski definition) is 0. The molecule has 23 heavy (non-hydrogen) atoms. The largest absolute Gasteiger partial charge is 0.248 e. The molecule has 0 saturated heterocycles. The van der Waals surface area contributed by atoms with Crippen LogP contribution in [0.4, 0.5) is 8.78 Å². The van der Waals surface area contributed by atoms with Crippen molar-refractivity contribution in [1.29, 1.82) is 0 Å². The van der Waals surface area contributed by atoms with Gasteiger partial charge in [0, 0.05) is 12.8 Å². The van der Waals surface area contributed by atoms with Crippen LogP contribution < -0.4 is 0 Å². The Morgan fingerprint density at radius 1 is 0.870 bits per heavy atom. The first-order valence-electron chi connectivity index (χ1n) is 8.28. The van der Waals surface area contributed by atoms with Gasteiger partial charge in [-0.05, 0) is 47.9 Å². The Morgan fingerprint density at radius 2 is 1.39 bits per heavy atom. The Hall–Kier alpha value is -1.96. The van der Waals surface area contributed by atoms with E-state index in [9.17, 15) is 8.78 Å². The average molecular weight is 312 g/mol. The SMILES string of the molecule is CC=Cc1ccc(-c2ccc(C3CCC(F)(F)CC3)cc2)cc1. The summed E-state index contributed by atoms with van der Waals surface area (Å²) in [6.45, 7) is 2.01. The maximum absolute atomic E-state index is 13.3. The third kappa shape index (κ3) is 3.87. The van der Waals surface area contributed by atoms with Crippen molar-refractivity contribution in [3.8, 4) is 11.1 Å². The molecule has 1 aliphatic carbocycles. The third-order valence-corrected chi connectivity index (χ3v) is 4.70. The lowest BCUT2D eigenvalue weighted by Gasteiger charge is -2.28. The Morgan fingerprint density at radius 3 is 1.91 bits per heavy atom. The highest BCUT2D eigenvalue weighted by atomic mass is 19.3. The molecule has 1 saturated carbocycles. The normalized spacial score (nSPS) is 18.4. The maximum atomic E-state index is 13.3. The zero-order valence-electron chi connectivity index (χ0n) is 13.4. The van der Waals surface area contributed by atoms with Crippen LogP contribution in [0.2, 0.25) is 0 Å². The van der Waals surface area contributed by atoms with E-state index in [4.69, 9.17) is 0 Å². The monoisotopic (exact) mass is 312 g/mol. The van der Waals surface area contributed by atoms with Crippen LogP contribution in [0.1, 0.15) is 49.7 Å². The van der Waals surface area contributed by atoms with E-state index in [1.807, 2.05) is 13.0 Å². The molecule has 1 fully saturated rings. The van der Waals surface area contributed by atoms with E-state index in [-0.39, 0.29) is 18.8 Å². The summed E-state index contributed by atoms with van der Waals surface area (Å²) >= 11 is 0. The zero-order valence-corrected chi connectivity index (χ0v) is 13.4. The van der Waals surface area contributed by atoms with E-state index in [2.05, 4.69) is 54.6 Å². The first-order valence-corrected chi connectivity index (χ1v) is 8.28. The van der Waals surface area contributed by atoms with Crippen molar-refractivity contribution >= 4 is 6.08 Å². The average Bonchev–Trinajstić information content (AvgIpc) is 2.56. The molecular formula is C21H22F2. The molecule has 0 radical (unpaired) electrons. The van der Waals surface area contributed by atoms with Crippen LogP contribution in [0.3, 0.4) is 0 Å². The molecule has 0 nitrogen and oxygen atoms in total. The highest BCUT2D eigenvalue weighted by Gasteiger charge is 2.35. The molecule has 0 aliphatic heterocycles. The molecule has 0 atom stereocenters. The van der Waals surface area contributed by atoms with Crippen molar-refractivity contribution in [3.63, 3.8) is 0 Å². The topological polar surface area (TPSA) is 0 Å². The minimum atomic E-state index is -2.45. The molecule has 0 unspecified atom stereocenters. The molecule has 120 valence electrons. The summed E-state index contributed by atoms with van der Waals surface area (Å²) < 4.78 is 26.5. The maximum Gasteiger partial charge on any atom is 0.248 e. The molecule has 2 aromatic carbocycles. The van der Waals surface area contributed by atoms with Crippen LogP contribution in [0.15, 0.2) is 54.6 Å². The zero-order chi connectivity index (χ0) is 16.3. The van der Waals surface area contributed by atoms with Gasteiger partial charge in [0.1, 0.15) is 0 Å². The van der Waals surface area contributed by atoms with Gasteiger partial charge in [-0.1, -0.05) is 60.7 Å². The standard InChI is InChI=1S/C21H22F2/c1-2-3-16-4-6-17(7-5-16)18-8-10-19(11-9-18)20-12-14-21(22,23)15-13-20/h2-11,20H,12-15H2,1H3. The summed E-state index contributed by atoms with van der Waals surface area (Å²) in [5.41, 5.74) is 4.73. The molecular weight excluding hydrogens is 290 g/mol. The van der Waals surface area contributed by atoms with Crippen molar-refractivity contribution in [2.75, 3.05) is 0 Å². The first kappa shape index (κ1) is 15.9. The van der Waals surface area contributed by atoms with Crippen LogP contribution in [-0.2, 0) is 0 Å². The van der Waals surface area contributed by atoms with Gasteiger partial charge in [0.2, 0.25) is 5.92 Å². The predicted molar refractivity (Wildman–Crippen MR) is 92.7 cm³/mol. The number of hydrogen-bond acceptors (Lipinski definition) is 0. The summed E-state index contributed by atoms with van der Waals surface area (Å²) in [6.07, 6.45) is 5.32. The molecule has 1 aliphatic rings. The summed E-state index contributed by atoms with van der Waals surface area (Å²) in [4.78, 5) is 0. The van der Waals surface area contributed by atoms with E-state index in [1.165, 1.54) is 22.3 Å². The van der Waals surface area contributed by atoms with Crippen LogP contribution >= 0.6 is 0 Å². The quantitative estimate of drug-likeness (QED) is 0.593. The molecule has 0 spiro atoms. The highest BCUT2D eigenvalue weighted by Crippen LogP contribution is 2.41. The minimum absolute atomic E-state index is 0.0197. The van der Waals surface area contributed by atoms with Gasteiger partial charge >= 0.3 is 0 Å². The molecule has 0 heterocycles.